The van der Waals surface area contributed by atoms with Crippen LogP contribution in [0.2, 0.25) is 0 Å². The molecule has 0 N–H and O–H groups in total. The molecule has 0 spiro atoms. The van der Waals surface area contributed by atoms with Crippen LogP contribution in [-0.2, 0) is 24.2 Å². The highest BCUT2D eigenvalue weighted by Crippen LogP contribution is 2.44. The van der Waals surface area contributed by atoms with Crippen LogP contribution in [0.3, 0.4) is 0 Å². The molecule has 0 unspecified atom stereocenters. The van der Waals surface area contributed by atoms with Gasteiger partial charge in [-0.3, -0.25) is 4.79 Å². The van der Waals surface area contributed by atoms with Crippen LogP contribution in [0.5, 0.6) is 0 Å². The fraction of sp³-hybridized carbons (Fsp3) is 0.611. The zero-order valence-electron chi connectivity index (χ0n) is 15.0. The second-order valence-corrected chi connectivity index (χ2v) is 7.35. The van der Waals surface area contributed by atoms with Crippen molar-refractivity contribution in [3.63, 3.8) is 0 Å². The van der Waals surface area contributed by atoms with Gasteiger partial charge in [-0.25, -0.2) is 0 Å². The number of rotatable bonds is 5. The van der Waals surface area contributed by atoms with Gasteiger partial charge in [-0.15, -0.1) is 0 Å². The molecule has 1 heterocycles. The maximum absolute atomic E-state index is 12.2. The Morgan fingerprint density at radius 3 is 2.13 bits per heavy atom. The minimum absolute atomic E-state index is 0.210. The van der Waals surface area contributed by atoms with E-state index in [9.17, 15) is 4.79 Å². The predicted octanol–water partition coefficient (Wildman–Crippen LogP) is 3.53. The van der Waals surface area contributed by atoms with E-state index in [1.54, 1.807) is 0 Å². The molecule has 0 radical (unpaired) electrons. The van der Waals surface area contributed by atoms with Gasteiger partial charge in [0, 0.05) is 5.31 Å². The first kappa shape index (κ1) is 18.0. The third-order valence-corrected chi connectivity index (χ3v) is 5.02. The van der Waals surface area contributed by atoms with E-state index < -0.39 is 23.6 Å². The lowest BCUT2D eigenvalue weighted by Gasteiger charge is -2.32. The van der Waals surface area contributed by atoms with Crippen LogP contribution >= 0.6 is 0 Å². The highest BCUT2D eigenvalue weighted by Gasteiger charge is 2.59. The van der Waals surface area contributed by atoms with Crippen LogP contribution in [0, 0.1) is 0 Å². The van der Waals surface area contributed by atoms with Crippen molar-refractivity contribution in [2.45, 2.75) is 64.5 Å². The fourth-order valence-electron chi connectivity index (χ4n) is 2.76. The topological polar surface area (TPSA) is 44.8 Å². The number of esters is 1. The zero-order valence-corrected chi connectivity index (χ0v) is 15.0. The summed E-state index contributed by atoms with van der Waals surface area (Å²) in [5.41, 5.74) is 0.122. The van der Waals surface area contributed by atoms with Gasteiger partial charge in [0.1, 0.15) is 0 Å². The third-order valence-electron chi connectivity index (χ3n) is 5.02. The van der Waals surface area contributed by atoms with E-state index in [0.717, 1.165) is 5.56 Å². The minimum atomic E-state index is -0.613. The molecule has 1 saturated heterocycles. The van der Waals surface area contributed by atoms with Crippen molar-refractivity contribution >= 4 is 13.1 Å². The second-order valence-electron chi connectivity index (χ2n) is 7.35. The summed E-state index contributed by atoms with van der Waals surface area (Å²) in [5, 5.41) is -0.613. The van der Waals surface area contributed by atoms with Crippen LogP contribution in [-0.4, -0.2) is 30.9 Å². The average Bonchev–Trinajstić information content (AvgIpc) is 2.69. The fourth-order valence-corrected chi connectivity index (χ4v) is 2.76. The summed E-state index contributed by atoms with van der Waals surface area (Å²) in [4.78, 5) is 12.2. The number of ether oxygens (including phenoxy) is 1. The lowest BCUT2D eigenvalue weighted by Crippen LogP contribution is -2.45. The zero-order chi connectivity index (χ0) is 17.3. The van der Waals surface area contributed by atoms with Crippen molar-refractivity contribution in [1.29, 1.82) is 0 Å². The number of carbonyl (C=O) groups excluding carboxylic acids is 1. The highest BCUT2D eigenvalue weighted by atomic mass is 16.7. The lowest BCUT2D eigenvalue weighted by atomic mass is 9.53. The normalized spacial score (nSPS) is 21.7. The largest absolute Gasteiger partial charge is 0.469 e. The molecular weight excluding hydrogens is 291 g/mol. The second kappa shape index (κ2) is 6.29. The van der Waals surface area contributed by atoms with Gasteiger partial charge < -0.3 is 14.0 Å². The molecule has 0 amide bonds. The summed E-state index contributed by atoms with van der Waals surface area (Å²) in [7, 11) is -0.515. The predicted molar refractivity (Wildman–Crippen MR) is 91.1 cm³/mol. The molecule has 23 heavy (non-hydrogen) atoms. The summed E-state index contributed by atoms with van der Waals surface area (Å²) in [6.45, 7) is 12.2. The van der Waals surface area contributed by atoms with E-state index in [1.165, 1.54) is 0 Å². The standard InChI is InChI=1S/C18H27BO4/c1-7-21-15(20)13-18(6,14-11-9-8-10-12-14)19-22-16(2,3)17(4,5)23-19/h8-12H,7,13H2,1-6H3/t18-/m0/s1. The Kier molecular flexibility index (Phi) is 4.93. The molecule has 5 heteroatoms. The summed E-state index contributed by atoms with van der Waals surface area (Å²) >= 11 is 0. The van der Waals surface area contributed by atoms with Gasteiger partial charge in [0.2, 0.25) is 0 Å². The molecule has 1 aromatic carbocycles. The number of carbonyl (C=O) groups is 1. The highest BCUT2D eigenvalue weighted by molar-refractivity contribution is 6.50. The Labute approximate surface area is 139 Å². The Bertz CT molecular complexity index is 539. The van der Waals surface area contributed by atoms with Gasteiger partial charge in [-0.05, 0) is 40.2 Å². The van der Waals surface area contributed by atoms with Gasteiger partial charge >= 0.3 is 13.1 Å². The third kappa shape index (κ3) is 3.46. The van der Waals surface area contributed by atoms with Crippen LogP contribution in [0.25, 0.3) is 0 Å². The minimum Gasteiger partial charge on any atom is -0.466 e. The first-order valence-corrected chi connectivity index (χ1v) is 8.19. The van der Waals surface area contributed by atoms with Crippen molar-refractivity contribution in [3.05, 3.63) is 35.9 Å². The van der Waals surface area contributed by atoms with Gasteiger partial charge in [-0.2, -0.15) is 0 Å². The summed E-state index contributed by atoms with van der Waals surface area (Å²) in [6, 6.07) is 9.89. The molecule has 1 aliphatic rings. The van der Waals surface area contributed by atoms with Crippen LogP contribution in [0.15, 0.2) is 30.3 Å². The SMILES string of the molecule is CCOC(=O)C[C@](C)(B1OC(C)(C)C(C)(C)O1)c1ccccc1. The monoisotopic (exact) mass is 318 g/mol. The van der Waals surface area contributed by atoms with Gasteiger partial charge in [0.05, 0.1) is 24.2 Å². The molecule has 0 aromatic heterocycles. The lowest BCUT2D eigenvalue weighted by molar-refractivity contribution is -0.144. The Hall–Kier alpha value is -1.33. The maximum Gasteiger partial charge on any atom is 0.469 e. The van der Waals surface area contributed by atoms with Gasteiger partial charge in [0.25, 0.3) is 0 Å². The molecule has 1 fully saturated rings. The molecule has 0 bridgehead atoms. The molecule has 126 valence electrons. The van der Waals surface area contributed by atoms with E-state index >= 15 is 0 Å². The quantitative estimate of drug-likeness (QED) is 0.615. The van der Waals surface area contributed by atoms with E-state index in [4.69, 9.17) is 14.0 Å². The first-order chi connectivity index (χ1) is 10.6. The average molecular weight is 318 g/mol. The van der Waals surface area contributed by atoms with Crippen LogP contribution in [0.4, 0.5) is 0 Å². The van der Waals surface area contributed by atoms with Crippen molar-refractivity contribution in [1.82, 2.24) is 0 Å². The first-order valence-electron chi connectivity index (χ1n) is 8.19. The van der Waals surface area contributed by atoms with E-state index in [0.29, 0.717) is 6.61 Å². The molecule has 1 atom stereocenters. The maximum atomic E-state index is 12.2. The molecule has 2 rings (SSSR count). The summed E-state index contributed by atoms with van der Waals surface area (Å²) in [5.74, 6) is -0.242. The number of hydrogen-bond acceptors (Lipinski definition) is 4. The summed E-state index contributed by atoms with van der Waals surface area (Å²) in [6.07, 6.45) is 0.210. The molecule has 0 aliphatic carbocycles. The Morgan fingerprint density at radius 2 is 1.65 bits per heavy atom. The van der Waals surface area contributed by atoms with Crippen molar-refractivity contribution in [3.8, 4) is 0 Å². The number of benzene rings is 1. The van der Waals surface area contributed by atoms with Crippen molar-refractivity contribution < 1.29 is 18.8 Å². The van der Waals surface area contributed by atoms with E-state index in [2.05, 4.69) is 0 Å². The summed E-state index contributed by atoms with van der Waals surface area (Å²) < 4.78 is 17.6. The smallest absolute Gasteiger partial charge is 0.466 e. The number of hydrogen-bond donors (Lipinski definition) is 0. The van der Waals surface area contributed by atoms with Crippen molar-refractivity contribution in [2.75, 3.05) is 6.61 Å². The molecule has 1 aromatic rings. The molecule has 1 aliphatic heterocycles. The van der Waals surface area contributed by atoms with Gasteiger partial charge in [0.15, 0.2) is 0 Å². The Balaban J connectivity index is 2.37. The van der Waals surface area contributed by atoms with E-state index in [-0.39, 0.29) is 12.4 Å². The molecular formula is C18H27BO4. The Morgan fingerprint density at radius 1 is 1.13 bits per heavy atom. The molecule has 4 nitrogen and oxygen atoms in total. The molecule has 0 saturated carbocycles. The van der Waals surface area contributed by atoms with Crippen molar-refractivity contribution in [2.24, 2.45) is 0 Å². The van der Waals surface area contributed by atoms with Gasteiger partial charge in [-0.1, -0.05) is 37.3 Å². The van der Waals surface area contributed by atoms with Crippen LogP contribution < -0.4 is 0 Å². The van der Waals surface area contributed by atoms with E-state index in [1.807, 2.05) is 71.9 Å². The van der Waals surface area contributed by atoms with Crippen LogP contribution in [0.1, 0.15) is 53.5 Å².